The van der Waals surface area contributed by atoms with Crippen molar-refractivity contribution in [1.29, 1.82) is 0 Å². The molecule has 1 aliphatic rings. The number of amides is 1. The Morgan fingerprint density at radius 1 is 1.08 bits per heavy atom. The third-order valence-electron chi connectivity index (χ3n) is 4.42. The van der Waals surface area contributed by atoms with Gasteiger partial charge in [0.2, 0.25) is 5.91 Å². The van der Waals surface area contributed by atoms with E-state index in [4.69, 9.17) is 6.42 Å². The van der Waals surface area contributed by atoms with Gasteiger partial charge < -0.3 is 0 Å². The fraction of sp³-hybridized carbons (Fsp3) is 0.286. The Labute approximate surface area is 167 Å². The number of terminal acetylenes is 1. The molecule has 2 unspecified atom stereocenters. The predicted octanol–water partition coefficient (Wildman–Crippen LogP) is 4.88. The molecule has 0 N–H and O–H groups in total. The molecule has 2 atom stereocenters. The molecule has 0 saturated carbocycles. The van der Waals surface area contributed by atoms with Gasteiger partial charge in [-0.3, -0.25) is 9.69 Å². The zero-order valence-corrected chi connectivity index (χ0v) is 17.2. The number of rotatable bonds is 4. The van der Waals surface area contributed by atoms with Gasteiger partial charge in [0, 0.05) is 0 Å². The van der Waals surface area contributed by atoms with E-state index in [0.29, 0.717) is 0 Å². The summed E-state index contributed by atoms with van der Waals surface area (Å²) in [5.74, 6) is 3.12. The Kier molecular flexibility index (Phi) is 5.45. The smallest absolute Gasteiger partial charge is 0.239 e. The van der Waals surface area contributed by atoms with Gasteiger partial charge >= 0.3 is 0 Å². The molecule has 128 valence electrons. The van der Waals surface area contributed by atoms with Gasteiger partial charge in [0.1, 0.15) is 8.92 Å². The summed E-state index contributed by atoms with van der Waals surface area (Å²) in [4.78, 5) is 14.6. The van der Waals surface area contributed by atoms with E-state index >= 15 is 0 Å². The highest BCUT2D eigenvalue weighted by Crippen LogP contribution is 2.56. The lowest BCUT2D eigenvalue weighted by molar-refractivity contribution is -0.131. The standard InChI is InChI=1S/C21H20INOS/c1-4-18(22)23-20(24)19(15(2)3)25-21(23,16-11-7-5-8-12-16)17-13-9-6-10-14-17/h1,5-15,18-19H,2-3H3. The summed E-state index contributed by atoms with van der Waals surface area (Å²) in [6.07, 6.45) is 5.75. The van der Waals surface area contributed by atoms with Crippen molar-refractivity contribution in [3.05, 3.63) is 71.8 Å². The van der Waals surface area contributed by atoms with E-state index in [2.05, 4.69) is 66.6 Å². The number of thioether (sulfide) groups is 1. The second-order valence-electron chi connectivity index (χ2n) is 6.37. The zero-order valence-electron chi connectivity index (χ0n) is 14.2. The second-order valence-corrected chi connectivity index (χ2v) is 8.88. The SMILES string of the molecule is C#CC(I)N1C(=O)C(C(C)C)SC1(c1ccccc1)c1ccccc1. The van der Waals surface area contributed by atoms with Crippen molar-refractivity contribution in [2.24, 2.45) is 5.92 Å². The Morgan fingerprint density at radius 2 is 1.56 bits per heavy atom. The molecule has 25 heavy (non-hydrogen) atoms. The molecule has 0 bridgehead atoms. The number of nitrogens with zero attached hydrogens (tertiary/aromatic N) is 1. The molecule has 0 aromatic heterocycles. The highest BCUT2D eigenvalue weighted by atomic mass is 127. The monoisotopic (exact) mass is 461 g/mol. The van der Waals surface area contributed by atoms with E-state index in [1.54, 1.807) is 11.8 Å². The van der Waals surface area contributed by atoms with Gasteiger partial charge in [-0.25, -0.2) is 0 Å². The van der Waals surface area contributed by atoms with Crippen LogP contribution in [0.5, 0.6) is 0 Å². The van der Waals surface area contributed by atoms with Crippen molar-refractivity contribution < 1.29 is 4.79 Å². The molecule has 0 aliphatic carbocycles. The third-order valence-corrected chi connectivity index (χ3v) is 7.34. The van der Waals surface area contributed by atoms with Crippen molar-refractivity contribution in [3.8, 4) is 12.3 Å². The molecular weight excluding hydrogens is 441 g/mol. The molecule has 0 radical (unpaired) electrons. The summed E-state index contributed by atoms with van der Waals surface area (Å²) >= 11 is 3.90. The normalized spacial score (nSPS) is 20.5. The maximum atomic E-state index is 13.3. The van der Waals surface area contributed by atoms with Crippen LogP contribution in [0.2, 0.25) is 0 Å². The number of benzene rings is 2. The Morgan fingerprint density at radius 3 is 1.96 bits per heavy atom. The van der Waals surface area contributed by atoms with Crippen molar-refractivity contribution in [2.75, 3.05) is 0 Å². The van der Waals surface area contributed by atoms with E-state index in [0.717, 1.165) is 11.1 Å². The summed E-state index contributed by atoms with van der Waals surface area (Å²) in [7, 11) is 0. The number of hydrogen-bond acceptors (Lipinski definition) is 2. The largest absolute Gasteiger partial charge is 0.296 e. The van der Waals surface area contributed by atoms with Crippen LogP contribution in [0, 0.1) is 18.3 Å². The first-order valence-corrected chi connectivity index (χ1v) is 10.4. The fourth-order valence-electron chi connectivity index (χ4n) is 3.26. The number of carbonyl (C=O) groups excluding carboxylic acids is 1. The van der Waals surface area contributed by atoms with Crippen molar-refractivity contribution in [2.45, 2.75) is 28.0 Å². The average molecular weight is 461 g/mol. The zero-order chi connectivity index (χ0) is 18.0. The number of halogens is 1. The van der Waals surface area contributed by atoms with Crippen LogP contribution >= 0.6 is 34.4 Å². The molecule has 1 aliphatic heterocycles. The van der Waals surface area contributed by atoms with Crippen LogP contribution in [0.1, 0.15) is 25.0 Å². The maximum absolute atomic E-state index is 13.3. The summed E-state index contributed by atoms with van der Waals surface area (Å²) in [5.41, 5.74) is 2.17. The van der Waals surface area contributed by atoms with E-state index < -0.39 is 4.87 Å². The molecule has 1 fully saturated rings. The van der Waals surface area contributed by atoms with Crippen LogP contribution in [0.25, 0.3) is 0 Å². The van der Waals surface area contributed by atoms with Gasteiger partial charge in [0.25, 0.3) is 0 Å². The van der Waals surface area contributed by atoms with Gasteiger partial charge in [-0.1, -0.05) is 80.4 Å². The molecule has 2 nitrogen and oxygen atoms in total. The van der Waals surface area contributed by atoms with Crippen LogP contribution in [0.15, 0.2) is 60.7 Å². The lowest BCUT2D eigenvalue weighted by Crippen LogP contribution is -2.47. The average Bonchev–Trinajstić information content (AvgIpc) is 2.97. The van der Waals surface area contributed by atoms with E-state index in [-0.39, 0.29) is 21.1 Å². The first-order chi connectivity index (χ1) is 12.0. The van der Waals surface area contributed by atoms with Crippen LogP contribution < -0.4 is 0 Å². The van der Waals surface area contributed by atoms with Crippen LogP contribution in [0.4, 0.5) is 0 Å². The van der Waals surface area contributed by atoms with Crippen molar-refractivity contribution in [3.63, 3.8) is 0 Å². The highest BCUT2D eigenvalue weighted by molar-refractivity contribution is 14.1. The van der Waals surface area contributed by atoms with Gasteiger partial charge in [-0.2, -0.15) is 0 Å². The second kappa shape index (κ2) is 7.43. The van der Waals surface area contributed by atoms with Gasteiger partial charge in [-0.05, 0) is 39.6 Å². The molecule has 2 aromatic carbocycles. The third kappa shape index (κ3) is 3.09. The Bertz CT molecular complexity index is 745. The molecule has 2 aromatic rings. The summed E-state index contributed by atoms with van der Waals surface area (Å²) in [6, 6.07) is 20.4. The van der Waals surface area contributed by atoms with Gasteiger partial charge in [-0.15, -0.1) is 18.2 Å². The summed E-state index contributed by atoms with van der Waals surface area (Å²) in [5, 5.41) is -0.119. The molecule has 1 saturated heterocycles. The molecule has 1 amide bonds. The minimum Gasteiger partial charge on any atom is -0.296 e. The predicted molar refractivity (Wildman–Crippen MR) is 113 cm³/mol. The van der Waals surface area contributed by atoms with Crippen LogP contribution in [-0.2, 0) is 9.67 Å². The van der Waals surface area contributed by atoms with Crippen molar-refractivity contribution >= 4 is 40.3 Å². The van der Waals surface area contributed by atoms with Gasteiger partial charge in [0.05, 0.1) is 5.25 Å². The number of carbonyl (C=O) groups is 1. The Hall–Kier alpha value is -1.45. The lowest BCUT2D eigenvalue weighted by atomic mass is 9.95. The minimum absolute atomic E-state index is 0.116. The first-order valence-electron chi connectivity index (χ1n) is 8.24. The van der Waals surface area contributed by atoms with E-state index in [1.807, 2.05) is 41.3 Å². The summed E-state index contributed by atoms with van der Waals surface area (Å²) < 4.78 is -0.318. The molecular formula is C21H20INOS. The van der Waals surface area contributed by atoms with Gasteiger partial charge in [0.15, 0.2) is 0 Å². The maximum Gasteiger partial charge on any atom is 0.239 e. The quantitative estimate of drug-likeness (QED) is 0.280. The summed E-state index contributed by atoms with van der Waals surface area (Å²) in [6.45, 7) is 4.19. The number of alkyl halides is 1. The molecule has 0 spiro atoms. The topological polar surface area (TPSA) is 20.3 Å². The van der Waals surface area contributed by atoms with Crippen LogP contribution in [-0.4, -0.2) is 20.1 Å². The van der Waals surface area contributed by atoms with Crippen molar-refractivity contribution in [1.82, 2.24) is 4.90 Å². The fourth-order valence-corrected chi connectivity index (χ4v) is 5.85. The van der Waals surface area contributed by atoms with Crippen LogP contribution in [0.3, 0.4) is 0 Å². The van der Waals surface area contributed by atoms with E-state index in [1.165, 1.54) is 0 Å². The minimum atomic E-state index is -0.604. The van der Waals surface area contributed by atoms with E-state index in [9.17, 15) is 4.79 Å². The number of hydrogen-bond donors (Lipinski definition) is 0. The Balaban J connectivity index is 2.29. The molecule has 1 heterocycles. The highest BCUT2D eigenvalue weighted by Gasteiger charge is 2.56. The first kappa shape index (κ1) is 18.3. The lowest BCUT2D eigenvalue weighted by Gasteiger charge is -2.39. The molecule has 3 rings (SSSR count). The molecule has 4 heteroatoms.